The molecule has 1 amide bonds. The van der Waals surface area contributed by atoms with Crippen molar-refractivity contribution in [2.75, 3.05) is 27.9 Å². The lowest BCUT2D eigenvalue weighted by Gasteiger charge is -2.38. The van der Waals surface area contributed by atoms with Gasteiger partial charge in [-0.15, -0.1) is 0 Å². The van der Waals surface area contributed by atoms with Crippen molar-refractivity contribution in [2.24, 2.45) is 0 Å². The number of aromatic amines is 1. The van der Waals surface area contributed by atoms with Gasteiger partial charge in [-0.1, -0.05) is 6.07 Å². The number of aromatic nitrogens is 1. The van der Waals surface area contributed by atoms with Crippen LogP contribution < -0.4 is 19.8 Å². The molecule has 1 aliphatic rings. The number of carbonyl (C=O) groups excluding carboxylic acids is 1. The molecule has 36 heavy (non-hydrogen) atoms. The molecule has 0 fully saturated rings. The number of pyridine rings is 1. The van der Waals surface area contributed by atoms with Crippen LogP contribution in [0.1, 0.15) is 33.1 Å². The molecule has 1 aliphatic heterocycles. The van der Waals surface area contributed by atoms with Crippen molar-refractivity contribution in [1.82, 2.24) is 9.88 Å². The van der Waals surface area contributed by atoms with Crippen LogP contribution in [0.4, 0.5) is 4.39 Å². The Bertz CT molecular complexity index is 1530. The maximum atomic E-state index is 14.0. The minimum Gasteiger partial charge on any atom is -0.497 e. The summed E-state index contributed by atoms with van der Waals surface area (Å²) in [7, 11) is 4.66. The minimum absolute atomic E-state index is 0.214. The molecule has 1 atom stereocenters. The summed E-state index contributed by atoms with van der Waals surface area (Å²) in [6.07, 6.45) is 0.538. The number of carbonyl (C=O) groups is 1. The normalized spacial score (nSPS) is 14.9. The number of hydrogen-bond donors (Lipinski definition) is 1. The lowest BCUT2D eigenvalue weighted by Crippen LogP contribution is -2.42. The summed E-state index contributed by atoms with van der Waals surface area (Å²) in [6.45, 7) is 0.336. The van der Waals surface area contributed by atoms with Crippen LogP contribution in [-0.2, 0) is 6.42 Å². The Kier molecular flexibility index (Phi) is 6.10. The molecule has 4 aromatic rings. The highest BCUT2D eigenvalue weighted by atomic mass is 19.1. The maximum Gasteiger partial charge on any atom is 0.254 e. The Hall–Kier alpha value is -4.33. The van der Waals surface area contributed by atoms with Crippen molar-refractivity contribution in [3.8, 4) is 17.2 Å². The van der Waals surface area contributed by atoms with Gasteiger partial charge in [0.15, 0.2) is 11.5 Å². The van der Waals surface area contributed by atoms with E-state index in [2.05, 4.69) is 4.98 Å². The van der Waals surface area contributed by atoms with Crippen LogP contribution in [-0.4, -0.2) is 43.7 Å². The molecular weight excluding hydrogens is 463 g/mol. The fourth-order valence-electron chi connectivity index (χ4n) is 4.81. The molecule has 0 saturated carbocycles. The minimum atomic E-state index is -0.723. The lowest BCUT2D eigenvalue weighted by molar-refractivity contribution is 0.0693. The first-order valence-corrected chi connectivity index (χ1v) is 11.5. The number of fused-ring (bicyclic) bond motifs is 2. The van der Waals surface area contributed by atoms with Gasteiger partial charge in [0.25, 0.3) is 11.5 Å². The monoisotopic (exact) mass is 488 g/mol. The topological polar surface area (TPSA) is 80.9 Å². The molecule has 8 heteroatoms. The van der Waals surface area contributed by atoms with Crippen LogP contribution in [0.3, 0.4) is 0 Å². The number of amides is 1. The van der Waals surface area contributed by atoms with Crippen molar-refractivity contribution < 1.29 is 23.4 Å². The molecule has 0 spiro atoms. The highest BCUT2D eigenvalue weighted by Gasteiger charge is 2.35. The summed E-state index contributed by atoms with van der Waals surface area (Å²) in [6, 6.07) is 15.7. The summed E-state index contributed by atoms with van der Waals surface area (Å²) in [4.78, 5) is 31.6. The number of nitrogens with one attached hydrogen (secondary N) is 1. The van der Waals surface area contributed by atoms with Crippen LogP contribution in [0.25, 0.3) is 10.9 Å². The number of halogens is 1. The van der Waals surface area contributed by atoms with Crippen molar-refractivity contribution >= 4 is 16.8 Å². The van der Waals surface area contributed by atoms with E-state index in [0.717, 1.165) is 16.5 Å². The van der Waals surface area contributed by atoms with Crippen LogP contribution in [0.5, 0.6) is 17.2 Å². The van der Waals surface area contributed by atoms with Crippen molar-refractivity contribution in [1.29, 1.82) is 0 Å². The molecule has 0 aliphatic carbocycles. The second-order valence-corrected chi connectivity index (χ2v) is 8.57. The first kappa shape index (κ1) is 23.4. The van der Waals surface area contributed by atoms with Gasteiger partial charge in [-0.25, -0.2) is 4.39 Å². The molecule has 0 bridgehead atoms. The fraction of sp³-hybridized carbons (Fsp3) is 0.214. The second-order valence-electron chi connectivity index (χ2n) is 8.57. The molecule has 0 radical (unpaired) electrons. The highest BCUT2D eigenvalue weighted by Crippen LogP contribution is 2.41. The van der Waals surface area contributed by atoms with Crippen LogP contribution >= 0.6 is 0 Å². The Morgan fingerprint density at radius 2 is 1.72 bits per heavy atom. The van der Waals surface area contributed by atoms with Gasteiger partial charge in [0.05, 0.1) is 32.9 Å². The summed E-state index contributed by atoms with van der Waals surface area (Å²) >= 11 is 0. The van der Waals surface area contributed by atoms with E-state index in [1.54, 1.807) is 37.3 Å². The Morgan fingerprint density at radius 1 is 0.944 bits per heavy atom. The van der Waals surface area contributed by atoms with Gasteiger partial charge in [-0.05, 0) is 71.5 Å². The zero-order chi connectivity index (χ0) is 25.4. The number of H-pyrrole nitrogens is 1. The number of nitrogens with zero attached hydrogens (tertiary/aromatic N) is 1. The van der Waals surface area contributed by atoms with E-state index in [0.29, 0.717) is 41.3 Å². The Morgan fingerprint density at radius 3 is 2.44 bits per heavy atom. The Labute approximate surface area is 207 Å². The Balaban J connectivity index is 1.72. The van der Waals surface area contributed by atoms with E-state index in [9.17, 15) is 14.0 Å². The first-order valence-electron chi connectivity index (χ1n) is 11.5. The third kappa shape index (κ3) is 4.04. The lowest BCUT2D eigenvalue weighted by atomic mass is 9.87. The molecule has 3 aromatic carbocycles. The molecule has 1 unspecified atom stereocenters. The molecule has 1 N–H and O–H groups in total. The molecule has 184 valence electrons. The molecular formula is C28H25FN2O5. The number of benzene rings is 3. The largest absolute Gasteiger partial charge is 0.497 e. The SMILES string of the molecule is COc1ccc2cc(C3c4cc(OC)c(OC)cc4CCN3C(=O)c3cccc(F)c3)c(=O)[nH]c2c1. The predicted molar refractivity (Wildman–Crippen MR) is 134 cm³/mol. The van der Waals surface area contributed by atoms with E-state index in [4.69, 9.17) is 14.2 Å². The van der Waals surface area contributed by atoms with Gasteiger partial charge < -0.3 is 24.1 Å². The van der Waals surface area contributed by atoms with Crippen LogP contribution in [0.2, 0.25) is 0 Å². The van der Waals surface area contributed by atoms with Crippen LogP contribution in [0, 0.1) is 5.82 Å². The highest BCUT2D eigenvalue weighted by molar-refractivity contribution is 5.95. The fourth-order valence-corrected chi connectivity index (χ4v) is 4.81. The van der Waals surface area contributed by atoms with Gasteiger partial charge in [-0.2, -0.15) is 0 Å². The van der Waals surface area contributed by atoms with E-state index >= 15 is 0 Å². The maximum absolute atomic E-state index is 14.0. The van der Waals surface area contributed by atoms with Crippen LogP contribution in [0.15, 0.2) is 65.5 Å². The van der Waals surface area contributed by atoms with Gasteiger partial charge >= 0.3 is 0 Å². The molecule has 1 aromatic heterocycles. The van der Waals surface area contributed by atoms with Gasteiger partial charge in [0.2, 0.25) is 0 Å². The average molecular weight is 489 g/mol. The average Bonchev–Trinajstić information content (AvgIpc) is 2.90. The van der Waals surface area contributed by atoms with E-state index < -0.39 is 11.9 Å². The summed E-state index contributed by atoms with van der Waals surface area (Å²) in [5.41, 5.74) is 2.59. The number of hydrogen-bond acceptors (Lipinski definition) is 5. The number of methoxy groups -OCH3 is 3. The third-order valence-electron chi connectivity index (χ3n) is 6.58. The van der Waals surface area contributed by atoms with Crippen molar-refractivity contribution in [2.45, 2.75) is 12.5 Å². The zero-order valence-electron chi connectivity index (χ0n) is 20.1. The number of ether oxygens (including phenoxy) is 3. The predicted octanol–water partition coefficient (Wildman–Crippen LogP) is 4.48. The second kappa shape index (κ2) is 9.37. The van der Waals surface area contributed by atoms with Crippen molar-refractivity contribution in [3.05, 3.63) is 99.1 Å². The third-order valence-corrected chi connectivity index (χ3v) is 6.58. The van der Waals surface area contributed by atoms with E-state index in [-0.39, 0.29) is 17.0 Å². The van der Waals surface area contributed by atoms with Gasteiger partial charge in [-0.3, -0.25) is 9.59 Å². The quantitative estimate of drug-likeness (QED) is 0.448. The number of rotatable bonds is 5. The summed E-state index contributed by atoms with van der Waals surface area (Å²) < 4.78 is 30.3. The van der Waals surface area contributed by atoms with Crippen molar-refractivity contribution in [3.63, 3.8) is 0 Å². The molecule has 5 rings (SSSR count). The zero-order valence-corrected chi connectivity index (χ0v) is 20.1. The summed E-state index contributed by atoms with van der Waals surface area (Å²) in [5.74, 6) is 0.809. The van der Waals surface area contributed by atoms with E-state index in [1.807, 2.05) is 24.3 Å². The molecule has 7 nitrogen and oxygen atoms in total. The van der Waals surface area contributed by atoms with Gasteiger partial charge in [0, 0.05) is 23.7 Å². The van der Waals surface area contributed by atoms with Gasteiger partial charge in [0.1, 0.15) is 11.6 Å². The molecule has 0 saturated heterocycles. The first-order chi connectivity index (χ1) is 17.4. The smallest absolute Gasteiger partial charge is 0.254 e. The van der Waals surface area contributed by atoms with E-state index in [1.165, 1.54) is 25.3 Å². The molecule has 2 heterocycles. The standard InChI is InChI=1S/C28H25FN2O5/c1-34-20-8-7-17-12-22(27(32)30-23(17)14-20)26-21-15-25(36-3)24(35-2)13-16(21)9-10-31(26)28(33)18-5-4-6-19(29)11-18/h4-8,11-15,26H,9-10H2,1-3H3,(H,30,32). The summed E-state index contributed by atoms with van der Waals surface area (Å²) in [5, 5.41) is 0.788.